The predicted molar refractivity (Wildman–Crippen MR) is 127 cm³/mol. The number of nitrogens with zero attached hydrogens (tertiary/aromatic N) is 3. The lowest BCUT2D eigenvalue weighted by atomic mass is 10.2. The van der Waals surface area contributed by atoms with Gasteiger partial charge in [-0.05, 0) is 43.5 Å². The van der Waals surface area contributed by atoms with Crippen LogP contribution in [0.25, 0.3) is 0 Å². The number of anilines is 3. The number of hydrogen-bond donors (Lipinski definition) is 5. The molecular formula is C24H29N7O2. The highest BCUT2D eigenvalue weighted by Gasteiger charge is 2.27. The molecule has 1 saturated heterocycles. The van der Waals surface area contributed by atoms with Crippen LogP contribution < -0.4 is 21.3 Å². The van der Waals surface area contributed by atoms with E-state index in [1.807, 2.05) is 0 Å². The van der Waals surface area contributed by atoms with Crippen molar-refractivity contribution >= 4 is 23.4 Å². The summed E-state index contributed by atoms with van der Waals surface area (Å²) in [7, 11) is 0. The van der Waals surface area contributed by atoms with E-state index in [1.54, 1.807) is 30.5 Å². The van der Waals surface area contributed by atoms with E-state index in [0.29, 0.717) is 48.8 Å². The van der Waals surface area contributed by atoms with Gasteiger partial charge in [-0.2, -0.15) is 10.2 Å². The Morgan fingerprint density at radius 2 is 2.12 bits per heavy atom. The van der Waals surface area contributed by atoms with E-state index in [4.69, 9.17) is 5.26 Å². The van der Waals surface area contributed by atoms with Gasteiger partial charge in [-0.25, -0.2) is 4.98 Å². The van der Waals surface area contributed by atoms with Crippen LogP contribution in [0.5, 0.6) is 0 Å². The summed E-state index contributed by atoms with van der Waals surface area (Å²) in [6, 6.07) is 8.85. The Kier molecular flexibility index (Phi) is 9.01. The number of carbonyl (C=O) groups excluding carboxylic acids is 1. The Morgan fingerprint density at radius 3 is 2.82 bits per heavy atom. The number of β-amino-alcohol motifs (C(OH)–C–C–N with tert-alkyl or cyclic N) is 1. The fourth-order valence-electron chi connectivity index (χ4n) is 3.25. The summed E-state index contributed by atoms with van der Waals surface area (Å²) < 4.78 is 0. The van der Waals surface area contributed by atoms with Crippen molar-refractivity contribution in [1.29, 1.82) is 5.26 Å². The minimum Gasteiger partial charge on any atom is -0.392 e. The van der Waals surface area contributed by atoms with Gasteiger partial charge in [0, 0.05) is 31.7 Å². The smallest absolute Gasteiger partial charge is 0.237 e. The average Bonchev–Trinajstić information content (AvgIpc) is 3.27. The normalized spacial score (nSPS) is 16.9. The molecule has 2 aromatic rings. The summed E-state index contributed by atoms with van der Waals surface area (Å²) in [5, 5.41) is 30.7. The van der Waals surface area contributed by atoms with E-state index in [0.717, 1.165) is 25.1 Å². The molecule has 0 radical (unpaired) electrons. The third-order valence-corrected chi connectivity index (χ3v) is 5.03. The van der Waals surface area contributed by atoms with Gasteiger partial charge in [0.05, 0.1) is 35.5 Å². The van der Waals surface area contributed by atoms with Gasteiger partial charge in [0.2, 0.25) is 11.9 Å². The first-order valence-electron chi connectivity index (χ1n) is 11.1. The number of nitrogens with one attached hydrogen (secondary N) is 4. The van der Waals surface area contributed by atoms with Gasteiger partial charge >= 0.3 is 0 Å². The van der Waals surface area contributed by atoms with E-state index in [2.05, 4.69) is 56.1 Å². The highest BCUT2D eigenvalue weighted by molar-refractivity contribution is 5.82. The van der Waals surface area contributed by atoms with Crippen molar-refractivity contribution in [1.82, 2.24) is 20.6 Å². The highest BCUT2D eigenvalue weighted by atomic mass is 16.3. The number of aromatic nitrogens is 2. The van der Waals surface area contributed by atoms with Crippen LogP contribution >= 0.6 is 0 Å². The monoisotopic (exact) mass is 447 g/mol. The van der Waals surface area contributed by atoms with Crippen molar-refractivity contribution in [2.24, 2.45) is 0 Å². The van der Waals surface area contributed by atoms with Crippen molar-refractivity contribution in [2.75, 3.05) is 30.3 Å². The van der Waals surface area contributed by atoms with Crippen molar-refractivity contribution < 1.29 is 9.90 Å². The second-order valence-corrected chi connectivity index (χ2v) is 7.74. The molecule has 1 aromatic carbocycles. The standard InChI is InChI=1S/C24H29N7O2/c1-2-11-26-22-18(6-4-3-5-12-27-23(33)21-13-20(32)16-28-21)15-29-24(31-22)30-19-9-7-17(14-25)8-10-19/h7-10,15,20-21,28,32H,2-3,5,11-13,16H2,1H3,(H,27,33)(H2,26,29,30,31)/t20-,21+/m1/s1. The quantitative estimate of drug-likeness (QED) is 0.291. The molecule has 0 saturated carbocycles. The van der Waals surface area contributed by atoms with E-state index >= 15 is 0 Å². The van der Waals surface area contributed by atoms with Crippen molar-refractivity contribution in [3.63, 3.8) is 0 Å². The van der Waals surface area contributed by atoms with Crippen molar-refractivity contribution in [2.45, 2.75) is 44.8 Å². The maximum Gasteiger partial charge on any atom is 0.237 e. The predicted octanol–water partition coefficient (Wildman–Crippen LogP) is 1.88. The summed E-state index contributed by atoms with van der Waals surface area (Å²) in [5.41, 5.74) is 2.09. The summed E-state index contributed by atoms with van der Waals surface area (Å²) in [6.45, 7) is 3.83. The molecule has 1 aliphatic rings. The lowest BCUT2D eigenvalue weighted by Gasteiger charge is -2.10. The molecule has 2 heterocycles. The Hall–Kier alpha value is -3.66. The Labute approximate surface area is 194 Å². The SMILES string of the molecule is CCCNc1nc(Nc2ccc(C#N)cc2)ncc1C#CCCCNC(=O)[C@@H]1C[C@@H](O)CN1. The van der Waals surface area contributed by atoms with Crippen molar-refractivity contribution in [3.8, 4) is 17.9 Å². The molecule has 0 unspecified atom stereocenters. The zero-order valence-corrected chi connectivity index (χ0v) is 18.7. The molecule has 33 heavy (non-hydrogen) atoms. The van der Waals surface area contributed by atoms with E-state index in [-0.39, 0.29) is 11.9 Å². The molecule has 0 aliphatic carbocycles. The Balaban J connectivity index is 1.54. The molecule has 3 rings (SSSR count). The first kappa shape index (κ1) is 24.0. The lowest BCUT2D eigenvalue weighted by molar-refractivity contribution is -0.122. The van der Waals surface area contributed by atoms with Crippen LogP contribution in [-0.4, -0.2) is 52.8 Å². The van der Waals surface area contributed by atoms with Gasteiger partial charge in [-0.15, -0.1) is 0 Å². The molecule has 9 nitrogen and oxygen atoms in total. The van der Waals surface area contributed by atoms with Gasteiger partial charge in [0.25, 0.3) is 0 Å². The fraction of sp³-hybridized carbons (Fsp3) is 0.417. The topological polar surface area (TPSA) is 135 Å². The molecule has 1 amide bonds. The number of carbonyl (C=O) groups is 1. The average molecular weight is 448 g/mol. The molecule has 172 valence electrons. The summed E-state index contributed by atoms with van der Waals surface area (Å²) in [5.74, 6) is 7.26. The number of hydrogen-bond acceptors (Lipinski definition) is 8. The summed E-state index contributed by atoms with van der Waals surface area (Å²) in [6.07, 6.45) is 3.99. The maximum absolute atomic E-state index is 12.0. The second kappa shape index (κ2) is 12.4. The number of nitriles is 1. The Morgan fingerprint density at radius 1 is 1.30 bits per heavy atom. The van der Waals surface area contributed by atoms with Crippen LogP contribution in [0.2, 0.25) is 0 Å². The summed E-state index contributed by atoms with van der Waals surface area (Å²) >= 11 is 0. The van der Waals surface area contributed by atoms with Crippen LogP contribution in [0, 0.1) is 23.2 Å². The minimum atomic E-state index is -0.449. The number of aliphatic hydroxyl groups excluding tert-OH is 1. The number of benzene rings is 1. The summed E-state index contributed by atoms with van der Waals surface area (Å²) in [4.78, 5) is 20.9. The molecule has 1 aromatic heterocycles. The molecule has 1 fully saturated rings. The third-order valence-electron chi connectivity index (χ3n) is 5.03. The first-order valence-corrected chi connectivity index (χ1v) is 11.1. The van der Waals surface area contributed by atoms with Crippen LogP contribution in [0.4, 0.5) is 17.5 Å². The minimum absolute atomic E-state index is 0.0793. The van der Waals surface area contributed by atoms with E-state index in [9.17, 15) is 9.90 Å². The van der Waals surface area contributed by atoms with Gasteiger partial charge < -0.3 is 26.4 Å². The first-order chi connectivity index (χ1) is 16.1. The van der Waals surface area contributed by atoms with E-state index in [1.165, 1.54) is 0 Å². The van der Waals surface area contributed by atoms with E-state index < -0.39 is 6.10 Å². The molecule has 0 spiro atoms. The van der Waals surface area contributed by atoms with Gasteiger partial charge in [0.15, 0.2) is 0 Å². The third kappa shape index (κ3) is 7.46. The van der Waals surface area contributed by atoms with Gasteiger partial charge in [0.1, 0.15) is 5.82 Å². The second-order valence-electron chi connectivity index (χ2n) is 7.74. The maximum atomic E-state index is 12.0. The molecule has 0 bridgehead atoms. The van der Waals surface area contributed by atoms with Crippen LogP contribution in [-0.2, 0) is 4.79 Å². The van der Waals surface area contributed by atoms with Crippen LogP contribution in [0.3, 0.4) is 0 Å². The van der Waals surface area contributed by atoms with Gasteiger partial charge in [-0.1, -0.05) is 18.8 Å². The highest BCUT2D eigenvalue weighted by Crippen LogP contribution is 2.18. The molecule has 5 N–H and O–H groups in total. The van der Waals surface area contributed by atoms with Crippen LogP contribution in [0.15, 0.2) is 30.5 Å². The molecule has 1 aliphatic heterocycles. The number of rotatable bonds is 9. The zero-order valence-electron chi connectivity index (χ0n) is 18.7. The fourth-order valence-corrected chi connectivity index (χ4v) is 3.25. The number of aliphatic hydroxyl groups is 1. The Bertz CT molecular complexity index is 1040. The number of unbranched alkanes of at least 4 members (excludes halogenated alkanes) is 1. The number of amides is 1. The molecule has 9 heteroatoms. The van der Waals surface area contributed by atoms with Crippen LogP contribution in [0.1, 0.15) is 43.7 Å². The largest absolute Gasteiger partial charge is 0.392 e. The lowest BCUT2D eigenvalue weighted by Crippen LogP contribution is -2.40. The van der Waals surface area contributed by atoms with Gasteiger partial charge in [-0.3, -0.25) is 4.79 Å². The molecule has 2 atom stereocenters. The molecular weight excluding hydrogens is 418 g/mol. The van der Waals surface area contributed by atoms with Crippen molar-refractivity contribution in [3.05, 3.63) is 41.6 Å². The zero-order chi connectivity index (χ0) is 23.5.